The van der Waals surface area contributed by atoms with E-state index in [1.165, 1.54) is 0 Å². The van der Waals surface area contributed by atoms with Crippen LogP contribution in [0.15, 0.2) is 12.4 Å². The molecular weight excluding hydrogens is 112 g/mol. The summed E-state index contributed by atoms with van der Waals surface area (Å²) < 4.78 is 1.72. The van der Waals surface area contributed by atoms with Crippen LogP contribution in [0.25, 0.3) is 0 Å². The van der Waals surface area contributed by atoms with E-state index in [4.69, 9.17) is 0 Å². The van der Waals surface area contributed by atoms with Crippen molar-refractivity contribution in [3.05, 3.63) is 26.1 Å². The van der Waals surface area contributed by atoms with Crippen LogP contribution in [0.3, 0.4) is 0 Å². The Kier molecular flexibility index (Phi) is 5.12. The molecule has 54 valence electrons. The summed E-state index contributed by atoms with van der Waals surface area (Å²) in [5.74, 6) is 0. The summed E-state index contributed by atoms with van der Waals surface area (Å²) in [6.07, 6.45) is 3.77. The van der Waals surface area contributed by atoms with Gasteiger partial charge >= 0.3 is 0 Å². The molecule has 1 aliphatic rings. The minimum atomic E-state index is 0. The maximum absolute atomic E-state index is 3.68. The van der Waals surface area contributed by atoms with Crippen molar-refractivity contribution in [1.82, 2.24) is 0 Å². The smallest absolute Gasteiger partial charge is 0.211 e. The largest absolute Gasteiger partial charge is 0.415 e. The zero-order chi connectivity index (χ0) is 5.28. The van der Waals surface area contributed by atoms with Gasteiger partial charge in [-0.1, -0.05) is 14.9 Å². The SMILES string of the molecule is C.C.C=[N+]1C=C[NH+]([CH2-])[CH-]1. The molecule has 2 nitrogen and oxygen atoms in total. The molecule has 1 unspecified atom stereocenters. The van der Waals surface area contributed by atoms with E-state index < -0.39 is 0 Å². The zero-order valence-corrected chi connectivity index (χ0v) is 4.09. The minimum Gasteiger partial charge on any atom is -0.415 e. The van der Waals surface area contributed by atoms with Crippen LogP contribution in [-0.2, 0) is 0 Å². The maximum atomic E-state index is 3.68. The molecule has 0 amide bonds. The number of hydrogen-bond acceptors (Lipinski definition) is 0. The van der Waals surface area contributed by atoms with Gasteiger partial charge < -0.3 is 4.90 Å². The molecule has 1 aliphatic heterocycles. The zero-order valence-electron chi connectivity index (χ0n) is 4.09. The van der Waals surface area contributed by atoms with Gasteiger partial charge in [-0.05, 0) is 0 Å². The Morgan fingerprint density at radius 1 is 1.56 bits per heavy atom. The van der Waals surface area contributed by atoms with Crippen LogP contribution in [0.2, 0.25) is 0 Å². The van der Waals surface area contributed by atoms with Crippen molar-refractivity contribution >= 4 is 6.72 Å². The van der Waals surface area contributed by atoms with Gasteiger partial charge in [-0.25, -0.2) is 0 Å². The lowest BCUT2D eigenvalue weighted by Gasteiger charge is -2.04. The number of hydrogen-bond donors (Lipinski definition) is 1. The van der Waals surface area contributed by atoms with E-state index >= 15 is 0 Å². The molecule has 0 aromatic carbocycles. The molecule has 0 aromatic rings. The number of nitrogens with one attached hydrogen (secondary N) is 1. The quantitative estimate of drug-likeness (QED) is 0.353. The molecule has 0 aromatic heterocycles. The average molecular weight is 128 g/mol. The second kappa shape index (κ2) is 4.15. The Bertz CT molecular complexity index is 116. The van der Waals surface area contributed by atoms with Gasteiger partial charge in [-0.3, -0.25) is 4.58 Å². The van der Waals surface area contributed by atoms with Crippen molar-refractivity contribution in [3.63, 3.8) is 0 Å². The predicted octanol–water partition coefficient (Wildman–Crippen LogP) is 0.252. The first kappa shape index (κ1) is 11.1. The lowest BCUT2D eigenvalue weighted by molar-refractivity contribution is -0.815. The monoisotopic (exact) mass is 128 g/mol. The van der Waals surface area contributed by atoms with Gasteiger partial charge in [0, 0.05) is 6.72 Å². The molecule has 0 spiro atoms. The number of nitrogens with zero attached hydrogens (tertiary/aromatic N) is 1. The van der Waals surface area contributed by atoms with Crippen LogP contribution in [0.1, 0.15) is 14.9 Å². The van der Waals surface area contributed by atoms with Crippen LogP contribution in [0, 0.1) is 13.7 Å². The fourth-order valence-electron chi connectivity index (χ4n) is 0.491. The lowest BCUT2D eigenvalue weighted by atomic mass is 10.9. The number of quaternary nitrogens is 1. The summed E-state index contributed by atoms with van der Waals surface area (Å²) in [6.45, 7) is 5.48. The highest BCUT2D eigenvalue weighted by Gasteiger charge is 1.99. The molecule has 0 fully saturated rings. The van der Waals surface area contributed by atoms with E-state index in [-0.39, 0.29) is 14.9 Å². The van der Waals surface area contributed by atoms with Crippen molar-refractivity contribution in [2.75, 3.05) is 0 Å². The van der Waals surface area contributed by atoms with E-state index in [0.717, 1.165) is 4.90 Å². The predicted molar refractivity (Wildman–Crippen MR) is 40.6 cm³/mol. The first-order valence-electron chi connectivity index (χ1n) is 2.10. The van der Waals surface area contributed by atoms with Gasteiger partial charge in [0.25, 0.3) is 0 Å². The first-order valence-corrected chi connectivity index (χ1v) is 2.10. The summed E-state index contributed by atoms with van der Waals surface area (Å²) in [6, 6.07) is 0. The minimum absolute atomic E-state index is 0. The summed E-state index contributed by atoms with van der Waals surface area (Å²) in [5.41, 5.74) is 0. The molecule has 1 heterocycles. The Labute approximate surface area is 58.1 Å². The van der Waals surface area contributed by atoms with Crippen LogP contribution >= 0.6 is 0 Å². The summed E-state index contributed by atoms with van der Waals surface area (Å²) in [7, 11) is 3.68. The topological polar surface area (TPSA) is 7.45 Å². The Morgan fingerprint density at radius 2 is 2.11 bits per heavy atom. The Balaban J connectivity index is 0. The van der Waals surface area contributed by atoms with Crippen molar-refractivity contribution in [2.24, 2.45) is 0 Å². The third-order valence-electron chi connectivity index (χ3n) is 0.812. The van der Waals surface area contributed by atoms with Gasteiger partial charge in [-0.2, -0.15) is 0 Å². The Hall–Kier alpha value is -0.760. The molecule has 1 N–H and O–H groups in total. The van der Waals surface area contributed by atoms with Crippen molar-refractivity contribution in [3.8, 4) is 0 Å². The number of rotatable bonds is 0. The second-order valence-corrected chi connectivity index (χ2v) is 1.53. The molecule has 1 rings (SSSR count). The second-order valence-electron chi connectivity index (χ2n) is 1.53. The van der Waals surface area contributed by atoms with Crippen LogP contribution in [0.5, 0.6) is 0 Å². The summed E-state index contributed by atoms with van der Waals surface area (Å²) in [4.78, 5) is 1.01. The molecule has 0 saturated heterocycles. The van der Waals surface area contributed by atoms with E-state index in [1.54, 1.807) is 4.58 Å². The highest BCUT2D eigenvalue weighted by Crippen LogP contribution is 1.77. The standard InChI is InChI=1S/C5H8N2.2CH4/c1-6-3-4-7(2)5-6;;/h3-6H,1-2H2;2*1H4. The van der Waals surface area contributed by atoms with Gasteiger partial charge in [0.2, 0.25) is 6.67 Å². The third-order valence-corrected chi connectivity index (χ3v) is 0.812. The van der Waals surface area contributed by atoms with Crippen LogP contribution < -0.4 is 4.90 Å². The van der Waals surface area contributed by atoms with E-state index in [2.05, 4.69) is 13.8 Å². The van der Waals surface area contributed by atoms with Gasteiger partial charge in [0.15, 0.2) is 0 Å². The van der Waals surface area contributed by atoms with E-state index in [0.29, 0.717) is 0 Å². The molecule has 0 radical (unpaired) electrons. The average Bonchev–Trinajstić information content (AvgIpc) is 1.87. The van der Waals surface area contributed by atoms with Crippen LogP contribution in [0.4, 0.5) is 0 Å². The van der Waals surface area contributed by atoms with Gasteiger partial charge in [0.1, 0.15) is 6.20 Å². The Morgan fingerprint density at radius 3 is 2.22 bits per heavy atom. The van der Waals surface area contributed by atoms with Gasteiger partial charge in [-0.15, -0.1) is 7.05 Å². The van der Waals surface area contributed by atoms with Crippen molar-refractivity contribution in [2.45, 2.75) is 14.9 Å². The van der Waals surface area contributed by atoms with Crippen molar-refractivity contribution < 1.29 is 9.48 Å². The molecule has 9 heavy (non-hydrogen) atoms. The maximum Gasteiger partial charge on any atom is 0.211 e. The molecular formula is C7H16N2. The van der Waals surface area contributed by atoms with Crippen molar-refractivity contribution in [1.29, 1.82) is 0 Å². The molecule has 1 atom stereocenters. The summed E-state index contributed by atoms with van der Waals surface area (Å²) >= 11 is 0. The van der Waals surface area contributed by atoms with Gasteiger partial charge in [0.05, 0.1) is 6.20 Å². The fraction of sp³-hybridized carbons (Fsp3) is 0.286. The molecule has 0 saturated carbocycles. The molecule has 0 aliphatic carbocycles. The first-order chi connectivity index (χ1) is 3.29. The third kappa shape index (κ3) is 2.93. The normalized spacial score (nSPS) is 21.9. The molecule has 2 heteroatoms. The lowest BCUT2D eigenvalue weighted by Crippen LogP contribution is -2.98. The fourth-order valence-corrected chi connectivity index (χ4v) is 0.491. The van der Waals surface area contributed by atoms with Crippen LogP contribution in [-0.4, -0.2) is 11.3 Å². The highest BCUT2D eigenvalue weighted by atomic mass is 15.3. The molecule has 0 bridgehead atoms. The van der Waals surface area contributed by atoms with E-state index in [9.17, 15) is 0 Å². The highest BCUT2D eigenvalue weighted by molar-refractivity contribution is 5.15. The van der Waals surface area contributed by atoms with E-state index in [1.807, 2.05) is 19.1 Å². The summed E-state index contributed by atoms with van der Waals surface area (Å²) in [5, 5.41) is 0.